The summed E-state index contributed by atoms with van der Waals surface area (Å²) in [5.74, 6) is 0.289. The Labute approximate surface area is 201 Å². The molecular weight excluding hydrogens is 452 g/mol. The number of esters is 1. The summed E-state index contributed by atoms with van der Waals surface area (Å²) < 4.78 is 20.7. The summed E-state index contributed by atoms with van der Waals surface area (Å²) in [5, 5.41) is 5.39. The number of amides is 2. The van der Waals surface area contributed by atoms with Crippen molar-refractivity contribution >= 4 is 35.2 Å². The molecule has 35 heavy (non-hydrogen) atoms. The average molecular weight is 474 g/mol. The van der Waals surface area contributed by atoms with Gasteiger partial charge in [-0.25, -0.2) is 4.79 Å². The number of benzene rings is 3. The maximum absolute atomic E-state index is 12.5. The lowest BCUT2D eigenvalue weighted by atomic mass is 10.2. The third kappa shape index (κ3) is 6.17. The fourth-order valence-electron chi connectivity index (χ4n) is 3.21. The second kappa shape index (κ2) is 10.9. The van der Waals surface area contributed by atoms with E-state index in [4.69, 9.17) is 18.9 Å². The van der Waals surface area contributed by atoms with Crippen LogP contribution < -0.4 is 24.8 Å². The summed E-state index contributed by atoms with van der Waals surface area (Å²) in [6.45, 7) is -0.293. The number of hydrogen-bond donors (Lipinski definition) is 2. The second-order valence-corrected chi connectivity index (χ2v) is 7.33. The summed E-state index contributed by atoms with van der Waals surface area (Å²) in [6.07, 6.45) is 2.77. The molecule has 0 aromatic heterocycles. The molecule has 0 radical (unpaired) electrons. The summed E-state index contributed by atoms with van der Waals surface area (Å²) in [7, 11) is 1.52. The predicted molar refractivity (Wildman–Crippen MR) is 129 cm³/mol. The molecule has 1 heterocycles. The van der Waals surface area contributed by atoms with Gasteiger partial charge in [-0.3, -0.25) is 9.59 Å². The molecule has 9 heteroatoms. The molecule has 0 atom stereocenters. The summed E-state index contributed by atoms with van der Waals surface area (Å²) in [5.41, 5.74) is 2.13. The average Bonchev–Trinajstić information content (AvgIpc) is 3.35. The molecule has 0 bridgehead atoms. The number of fused-ring (bicyclic) bond motifs is 1. The van der Waals surface area contributed by atoms with Crippen molar-refractivity contribution in [3.8, 4) is 17.2 Å². The van der Waals surface area contributed by atoms with Crippen LogP contribution in [0, 0.1) is 0 Å². The monoisotopic (exact) mass is 474 g/mol. The van der Waals surface area contributed by atoms with Crippen molar-refractivity contribution in [2.75, 3.05) is 31.1 Å². The summed E-state index contributed by atoms with van der Waals surface area (Å²) in [4.78, 5) is 36.5. The first-order valence-electron chi connectivity index (χ1n) is 10.6. The molecule has 4 rings (SSSR count). The van der Waals surface area contributed by atoms with Crippen LogP contribution in [0.3, 0.4) is 0 Å². The van der Waals surface area contributed by atoms with Crippen LogP contribution in [0.5, 0.6) is 17.2 Å². The lowest BCUT2D eigenvalue weighted by Gasteiger charge is -2.10. The molecule has 0 unspecified atom stereocenters. The highest BCUT2D eigenvalue weighted by Gasteiger charge is 2.13. The van der Waals surface area contributed by atoms with Crippen LogP contribution in [0.2, 0.25) is 0 Å². The first-order chi connectivity index (χ1) is 17.0. The Balaban J connectivity index is 1.24. The van der Waals surface area contributed by atoms with Gasteiger partial charge >= 0.3 is 5.97 Å². The van der Waals surface area contributed by atoms with Crippen LogP contribution in [0.1, 0.15) is 15.9 Å². The van der Waals surface area contributed by atoms with Gasteiger partial charge in [-0.2, -0.15) is 0 Å². The Kier molecular flexibility index (Phi) is 7.27. The molecule has 2 amide bonds. The van der Waals surface area contributed by atoms with Crippen molar-refractivity contribution in [1.82, 2.24) is 0 Å². The third-order valence-electron chi connectivity index (χ3n) is 4.94. The number of anilines is 2. The first-order valence-corrected chi connectivity index (χ1v) is 10.6. The zero-order valence-corrected chi connectivity index (χ0v) is 18.8. The van der Waals surface area contributed by atoms with E-state index in [1.165, 1.54) is 13.2 Å². The van der Waals surface area contributed by atoms with Crippen LogP contribution in [-0.2, 0) is 14.3 Å². The van der Waals surface area contributed by atoms with Crippen LogP contribution in [-0.4, -0.2) is 38.3 Å². The molecule has 0 saturated carbocycles. The van der Waals surface area contributed by atoms with Crippen LogP contribution in [0.15, 0.2) is 72.8 Å². The van der Waals surface area contributed by atoms with E-state index in [0.29, 0.717) is 34.2 Å². The van der Waals surface area contributed by atoms with E-state index in [2.05, 4.69) is 10.6 Å². The Hall–Kier alpha value is -4.79. The standard InChI is InChI=1S/C26H22N2O7/c1-32-21-5-3-2-4-20(21)28-26(31)18-8-10-19(11-9-18)27-24(29)15-33-25(30)13-7-17-6-12-22-23(14-17)35-16-34-22/h2-14H,15-16H2,1H3,(H,27,29)(H,28,31)/b13-7+. The Morgan fingerprint density at radius 3 is 2.51 bits per heavy atom. The summed E-state index contributed by atoms with van der Waals surface area (Å²) in [6, 6.07) is 18.6. The van der Waals surface area contributed by atoms with E-state index in [-0.39, 0.29) is 12.7 Å². The predicted octanol–water partition coefficient (Wildman–Crippen LogP) is 3.87. The lowest BCUT2D eigenvalue weighted by Crippen LogP contribution is -2.20. The number of carbonyl (C=O) groups is 3. The van der Waals surface area contributed by atoms with Gasteiger partial charge in [-0.1, -0.05) is 18.2 Å². The number of carbonyl (C=O) groups excluding carboxylic acids is 3. The molecular formula is C26H22N2O7. The topological polar surface area (TPSA) is 112 Å². The molecule has 2 N–H and O–H groups in total. The zero-order valence-electron chi connectivity index (χ0n) is 18.8. The maximum atomic E-state index is 12.5. The molecule has 3 aromatic carbocycles. The minimum atomic E-state index is -0.666. The number of ether oxygens (including phenoxy) is 4. The molecule has 0 fully saturated rings. The van der Waals surface area contributed by atoms with E-state index in [9.17, 15) is 14.4 Å². The van der Waals surface area contributed by atoms with Gasteiger partial charge in [0.15, 0.2) is 18.1 Å². The lowest BCUT2D eigenvalue weighted by molar-refractivity contribution is -0.142. The molecule has 0 saturated heterocycles. The van der Waals surface area contributed by atoms with Crippen molar-refractivity contribution < 1.29 is 33.3 Å². The third-order valence-corrected chi connectivity index (χ3v) is 4.94. The van der Waals surface area contributed by atoms with Crippen molar-refractivity contribution in [3.63, 3.8) is 0 Å². The SMILES string of the molecule is COc1ccccc1NC(=O)c1ccc(NC(=O)COC(=O)/C=C/c2ccc3c(c2)OCO3)cc1. The van der Waals surface area contributed by atoms with E-state index in [1.807, 2.05) is 0 Å². The van der Waals surface area contributed by atoms with Crippen molar-refractivity contribution in [2.45, 2.75) is 0 Å². The first kappa shape index (κ1) is 23.4. The fourth-order valence-corrected chi connectivity index (χ4v) is 3.21. The van der Waals surface area contributed by atoms with Crippen molar-refractivity contribution in [2.24, 2.45) is 0 Å². The van der Waals surface area contributed by atoms with Crippen molar-refractivity contribution in [3.05, 3.63) is 83.9 Å². The second-order valence-electron chi connectivity index (χ2n) is 7.33. The molecule has 178 valence electrons. The van der Waals surface area contributed by atoms with Crippen LogP contribution in [0.4, 0.5) is 11.4 Å². The van der Waals surface area contributed by atoms with Crippen LogP contribution in [0.25, 0.3) is 6.08 Å². The highest BCUT2D eigenvalue weighted by Crippen LogP contribution is 2.32. The van der Waals surface area contributed by atoms with Gasteiger partial charge in [0.2, 0.25) is 6.79 Å². The number of hydrogen-bond acceptors (Lipinski definition) is 7. The Morgan fingerprint density at radius 2 is 1.71 bits per heavy atom. The van der Waals surface area contributed by atoms with Gasteiger partial charge < -0.3 is 29.6 Å². The highest BCUT2D eigenvalue weighted by atomic mass is 16.7. The molecule has 0 spiro atoms. The molecule has 9 nitrogen and oxygen atoms in total. The van der Waals surface area contributed by atoms with Gasteiger partial charge in [-0.15, -0.1) is 0 Å². The van der Waals surface area contributed by atoms with E-state index >= 15 is 0 Å². The number of methoxy groups -OCH3 is 1. The van der Waals surface area contributed by atoms with Gasteiger partial charge in [0.05, 0.1) is 12.8 Å². The molecule has 1 aliphatic heterocycles. The number of para-hydroxylation sites is 2. The van der Waals surface area contributed by atoms with Crippen LogP contribution >= 0.6 is 0 Å². The normalized spacial score (nSPS) is 11.7. The number of rotatable bonds is 8. The smallest absolute Gasteiger partial charge is 0.331 e. The zero-order chi connectivity index (χ0) is 24.6. The number of nitrogens with one attached hydrogen (secondary N) is 2. The summed E-state index contributed by atoms with van der Waals surface area (Å²) >= 11 is 0. The fraction of sp³-hybridized carbons (Fsp3) is 0.115. The maximum Gasteiger partial charge on any atom is 0.331 e. The molecule has 1 aliphatic rings. The van der Waals surface area contributed by atoms with E-state index < -0.39 is 18.5 Å². The van der Waals surface area contributed by atoms with Gasteiger partial charge in [-0.05, 0) is 60.2 Å². The van der Waals surface area contributed by atoms with E-state index in [1.54, 1.807) is 72.8 Å². The van der Waals surface area contributed by atoms with Gasteiger partial charge in [0.25, 0.3) is 11.8 Å². The van der Waals surface area contributed by atoms with Crippen molar-refractivity contribution in [1.29, 1.82) is 0 Å². The quantitative estimate of drug-likeness (QED) is 0.376. The Bertz CT molecular complexity index is 1270. The highest BCUT2D eigenvalue weighted by molar-refractivity contribution is 6.05. The minimum absolute atomic E-state index is 0.165. The van der Waals surface area contributed by atoms with E-state index in [0.717, 1.165) is 5.56 Å². The van der Waals surface area contributed by atoms with Gasteiger partial charge in [0, 0.05) is 17.3 Å². The molecule has 3 aromatic rings. The van der Waals surface area contributed by atoms with Gasteiger partial charge in [0.1, 0.15) is 5.75 Å². The Morgan fingerprint density at radius 1 is 0.943 bits per heavy atom. The minimum Gasteiger partial charge on any atom is -0.495 e. The largest absolute Gasteiger partial charge is 0.495 e. The molecule has 0 aliphatic carbocycles.